The van der Waals surface area contributed by atoms with Crippen LogP contribution in [0.5, 0.6) is 0 Å². The topological polar surface area (TPSA) is 59.8 Å². The predicted octanol–water partition coefficient (Wildman–Crippen LogP) is 5.42. The fourth-order valence-corrected chi connectivity index (χ4v) is 3.43. The number of benzene rings is 3. The van der Waals surface area contributed by atoms with Crippen LogP contribution < -0.4 is 5.32 Å². The fourth-order valence-electron chi connectivity index (χ4n) is 3.43. The van der Waals surface area contributed by atoms with Crippen LogP contribution in [0.1, 0.15) is 32.9 Å². The van der Waals surface area contributed by atoms with Crippen molar-refractivity contribution in [3.63, 3.8) is 0 Å². The van der Waals surface area contributed by atoms with Gasteiger partial charge in [0.05, 0.1) is 5.69 Å². The lowest BCUT2D eigenvalue weighted by Gasteiger charge is -2.09. The molecule has 5 nitrogen and oxygen atoms in total. The van der Waals surface area contributed by atoms with Crippen molar-refractivity contribution >= 4 is 11.6 Å². The van der Waals surface area contributed by atoms with Gasteiger partial charge in [-0.2, -0.15) is 0 Å². The fraction of sp³-hybridized carbons (Fsp3) is 0.160. The highest BCUT2D eigenvalue weighted by atomic mass is 16.2. The summed E-state index contributed by atoms with van der Waals surface area (Å²) < 4.78 is 1.73. The Kier molecular flexibility index (Phi) is 5.19. The Bertz CT molecular complexity index is 1200. The van der Waals surface area contributed by atoms with Crippen molar-refractivity contribution < 1.29 is 4.79 Å². The summed E-state index contributed by atoms with van der Waals surface area (Å²) in [5.41, 5.74) is 6.84. The molecule has 5 heteroatoms. The van der Waals surface area contributed by atoms with E-state index in [-0.39, 0.29) is 11.7 Å². The summed E-state index contributed by atoms with van der Waals surface area (Å²) in [7, 11) is 0. The molecule has 0 saturated heterocycles. The van der Waals surface area contributed by atoms with Crippen molar-refractivity contribution in [3.8, 4) is 17.1 Å². The molecule has 0 aliphatic heterocycles. The van der Waals surface area contributed by atoms with Crippen LogP contribution in [0.2, 0.25) is 0 Å². The van der Waals surface area contributed by atoms with Gasteiger partial charge in [0.25, 0.3) is 5.91 Å². The number of para-hydroxylation sites is 1. The van der Waals surface area contributed by atoms with E-state index in [9.17, 15) is 4.79 Å². The highest BCUT2D eigenvalue weighted by Gasteiger charge is 2.20. The van der Waals surface area contributed by atoms with Crippen molar-refractivity contribution in [2.24, 2.45) is 0 Å². The molecule has 4 aromatic rings. The van der Waals surface area contributed by atoms with Gasteiger partial charge in [0.2, 0.25) is 5.82 Å². The summed E-state index contributed by atoms with van der Waals surface area (Å²) in [6, 6.07) is 22.0. The van der Waals surface area contributed by atoms with Crippen LogP contribution in [0.25, 0.3) is 17.1 Å². The van der Waals surface area contributed by atoms with Gasteiger partial charge in [-0.05, 0) is 57.0 Å². The van der Waals surface area contributed by atoms with E-state index >= 15 is 0 Å². The summed E-state index contributed by atoms with van der Waals surface area (Å²) in [6.07, 6.45) is 0. The summed E-state index contributed by atoms with van der Waals surface area (Å²) in [6.45, 7) is 8.01. The van der Waals surface area contributed by atoms with Crippen LogP contribution >= 0.6 is 0 Å². The van der Waals surface area contributed by atoms with E-state index in [1.54, 1.807) is 4.68 Å². The number of hydrogen-bond donors (Lipinski definition) is 1. The maximum absolute atomic E-state index is 13.0. The van der Waals surface area contributed by atoms with Crippen LogP contribution in [0.3, 0.4) is 0 Å². The van der Waals surface area contributed by atoms with E-state index in [0.29, 0.717) is 5.82 Å². The Labute approximate surface area is 176 Å². The normalized spacial score (nSPS) is 10.8. The second kappa shape index (κ2) is 7.95. The molecule has 0 atom stereocenters. The first-order valence-electron chi connectivity index (χ1n) is 9.91. The number of amides is 1. The van der Waals surface area contributed by atoms with Gasteiger partial charge >= 0.3 is 0 Å². The average molecular weight is 396 g/mol. The number of aromatic nitrogens is 3. The highest BCUT2D eigenvalue weighted by Crippen LogP contribution is 2.24. The zero-order chi connectivity index (χ0) is 21.3. The highest BCUT2D eigenvalue weighted by molar-refractivity contribution is 6.02. The first-order valence-corrected chi connectivity index (χ1v) is 9.91. The Morgan fingerprint density at radius 3 is 2.17 bits per heavy atom. The molecule has 0 radical (unpaired) electrons. The van der Waals surface area contributed by atoms with Crippen LogP contribution in [-0.2, 0) is 0 Å². The smallest absolute Gasteiger partial charge is 0.295 e. The van der Waals surface area contributed by atoms with Crippen molar-refractivity contribution in [2.75, 3.05) is 5.32 Å². The predicted molar refractivity (Wildman–Crippen MR) is 120 cm³/mol. The lowest BCUT2D eigenvalue weighted by atomic mass is 10.1. The van der Waals surface area contributed by atoms with E-state index in [1.165, 1.54) is 0 Å². The van der Waals surface area contributed by atoms with Gasteiger partial charge < -0.3 is 5.32 Å². The largest absolute Gasteiger partial charge is 0.319 e. The zero-order valence-electron chi connectivity index (χ0n) is 17.6. The second-order valence-electron chi connectivity index (χ2n) is 7.60. The Balaban J connectivity index is 1.78. The molecule has 1 N–H and O–H groups in total. The molecule has 0 unspecified atom stereocenters. The summed E-state index contributed by atoms with van der Waals surface area (Å²) in [4.78, 5) is 17.6. The second-order valence-corrected chi connectivity index (χ2v) is 7.60. The summed E-state index contributed by atoms with van der Waals surface area (Å²) >= 11 is 0. The first kappa shape index (κ1) is 19.6. The van der Waals surface area contributed by atoms with Crippen LogP contribution in [0.15, 0.2) is 66.7 Å². The third kappa shape index (κ3) is 3.87. The SMILES string of the molecule is Cc1ccc(-n2nc(C(=O)Nc3c(C)cccc3C)nc2-c2cccc(C)c2)cc1. The molecule has 30 heavy (non-hydrogen) atoms. The van der Waals surface area contributed by atoms with E-state index in [4.69, 9.17) is 0 Å². The van der Waals surface area contributed by atoms with Crippen molar-refractivity contribution in [1.29, 1.82) is 0 Å². The van der Waals surface area contributed by atoms with Crippen molar-refractivity contribution in [1.82, 2.24) is 14.8 Å². The Morgan fingerprint density at radius 2 is 1.50 bits per heavy atom. The standard InChI is InChI=1S/C25H24N4O/c1-16-11-13-21(14-12-16)29-24(20-10-5-7-17(2)15-20)27-23(28-29)25(30)26-22-18(3)8-6-9-19(22)4/h5-15H,1-4H3,(H,26,30). The van der Waals surface area contributed by atoms with Crippen molar-refractivity contribution in [3.05, 3.63) is 94.8 Å². The summed E-state index contributed by atoms with van der Waals surface area (Å²) in [5.74, 6) is 0.441. The number of carbonyl (C=O) groups is 1. The molecule has 0 bridgehead atoms. The maximum Gasteiger partial charge on any atom is 0.295 e. The number of aryl methyl sites for hydroxylation is 4. The quantitative estimate of drug-likeness (QED) is 0.501. The molecular weight excluding hydrogens is 372 g/mol. The molecule has 0 saturated carbocycles. The molecule has 0 aliphatic rings. The van der Waals surface area contributed by atoms with Gasteiger partial charge in [-0.1, -0.05) is 59.7 Å². The number of nitrogens with one attached hydrogen (secondary N) is 1. The summed E-state index contributed by atoms with van der Waals surface area (Å²) in [5, 5.41) is 7.55. The number of carbonyl (C=O) groups excluding carboxylic acids is 1. The molecule has 1 heterocycles. The van der Waals surface area contributed by atoms with E-state index in [1.807, 2.05) is 94.4 Å². The van der Waals surface area contributed by atoms with Gasteiger partial charge in [0.1, 0.15) is 0 Å². The number of rotatable bonds is 4. The molecule has 1 aromatic heterocycles. The maximum atomic E-state index is 13.0. The minimum Gasteiger partial charge on any atom is -0.319 e. The van der Waals surface area contributed by atoms with Crippen LogP contribution in [0, 0.1) is 27.7 Å². The first-order chi connectivity index (χ1) is 14.4. The minimum atomic E-state index is -0.327. The number of hydrogen-bond acceptors (Lipinski definition) is 3. The molecule has 0 fully saturated rings. The number of nitrogens with zero attached hydrogens (tertiary/aromatic N) is 3. The minimum absolute atomic E-state index is 0.134. The third-order valence-corrected chi connectivity index (χ3v) is 5.08. The lowest BCUT2D eigenvalue weighted by Crippen LogP contribution is -2.16. The van der Waals surface area contributed by atoms with Crippen LogP contribution in [0.4, 0.5) is 5.69 Å². The molecule has 3 aromatic carbocycles. The Morgan fingerprint density at radius 1 is 0.833 bits per heavy atom. The van der Waals surface area contributed by atoms with Gasteiger partial charge in [0.15, 0.2) is 5.82 Å². The molecular formula is C25H24N4O. The van der Waals surface area contributed by atoms with Gasteiger partial charge in [0, 0.05) is 11.3 Å². The molecule has 150 valence electrons. The van der Waals surface area contributed by atoms with E-state index < -0.39 is 0 Å². The van der Waals surface area contributed by atoms with Crippen molar-refractivity contribution in [2.45, 2.75) is 27.7 Å². The monoisotopic (exact) mass is 396 g/mol. The van der Waals surface area contributed by atoms with Gasteiger partial charge in [-0.3, -0.25) is 4.79 Å². The van der Waals surface area contributed by atoms with Crippen LogP contribution in [-0.4, -0.2) is 20.7 Å². The number of anilines is 1. The average Bonchev–Trinajstić information content (AvgIpc) is 3.17. The van der Waals surface area contributed by atoms with Gasteiger partial charge in [-0.25, -0.2) is 9.67 Å². The van der Waals surface area contributed by atoms with Gasteiger partial charge in [-0.15, -0.1) is 5.10 Å². The lowest BCUT2D eigenvalue weighted by molar-refractivity contribution is 0.101. The molecule has 0 aliphatic carbocycles. The molecule has 1 amide bonds. The molecule has 0 spiro atoms. The Hall–Kier alpha value is -3.73. The zero-order valence-corrected chi connectivity index (χ0v) is 17.6. The third-order valence-electron chi connectivity index (χ3n) is 5.08. The van der Waals surface area contributed by atoms with E-state index in [0.717, 1.165) is 39.2 Å². The molecule has 4 rings (SSSR count). The van der Waals surface area contributed by atoms with E-state index in [2.05, 4.69) is 15.4 Å².